The number of rotatable bonds is 6. The Morgan fingerprint density at radius 1 is 1.18 bits per heavy atom. The van der Waals surface area contributed by atoms with Gasteiger partial charge < -0.3 is 20.1 Å². The molecule has 2 N–H and O–H groups in total. The first kappa shape index (κ1) is 22.3. The van der Waals surface area contributed by atoms with Gasteiger partial charge >= 0.3 is 0 Å². The van der Waals surface area contributed by atoms with Gasteiger partial charge in [0.1, 0.15) is 19.5 Å². The number of carbonyl (C=O) groups is 1. The van der Waals surface area contributed by atoms with Gasteiger partial charge in [-0.05, 0) is 50.1 Å². The molecule has 0 bridgehead atoms. The molecule has 5 rings (SSSR count). The van der Waals surface area contributed by atoms with Crippen molar-refractivity contribution >= 4 is 5.91 Å². The van der Waals surface area contributed by atoms with Crippen molar-refractivity contribution in [2.24, 2.45) is 0 Å². The molecule has 2 aliphatic heterocycles. The Labute approximate surface area is 198 Å². The van der Waals surface area contributed by atoms with Crippen molar-refractivity contribution in [2.75, 3.05) is 19.8 Å². The Bertz CT molecular complexity index is 1130. The number of imidazole rings is 1. The SMILES string of the molecule is Cc1cc(C(C(=O)NCc2ccc3c(c2)OCCO3)C2CCCCCN2)nc(-n2ccnc2)n1. The van der Waals surface area contributed by atoms with Crippen LogP contribution in [0.3, 0.4) is 0 Å². The Hall–Kier alpha value is -3.46. The minimum absolute atomic E-state index is 0.00713. The maximum absolute atomic E-state index is 13.6. The number of nitrogens with one attached hydrogen (secondary N) is 2. The van der Waals surface area contributed by atoms with Gasteiger partial charge in [-0.15, -0.1) is 0 Å². The summed E-state index contributed by atoms with van der Waals surface area (Å²) in [5.41, 5.74) is 2.49. The monoisotopic (exact) mass is 462 g/mol. The van der Waals surface area contributed by atoms with Gasteiger partial charge in [0.25, 0.3) is 0 Å². The lowest BCUT2D eigenvalue weighted by molar-refractivity contribution is -0.123. The summed E-state index contributed by atoms with van der Waals surface area (Å²) < 4.78 is 13.1. The van der Waals surface area contributed by atoms with Gasteiger partial charge in [-0.2, -0.15) is 0 Å². The van der Waals surface area contributed by atoms with Crippen LogP contribution < -0.4 is 20.1 Å². The van der Waals surface area contributed by atoms with Crippen LogP contribution in [0.2, 0.25) is 0 Å². The third-order valence-corrected chi connectivity index (χ3v) is 6.27. The minimum Gasteiger partial charge on any atom is -0.486 e. The number of amides is 1. The standard InChI is InChI=1S/C25H30N6O3/c1-17-13-20(30-25(29-17)31-10-9-26-16-31)23(19-5-3-2-4-8-27-19)24(32)28-15-18-6-7-21-22(14-18)34-12-11-33-21/h6-7,9-10,13-14,16,19,23,27H,2-5,8,11-12,15H2,1H3,(H,28,32). The number of fused-ring (bicyclic) bond motifs is 1. The second-order valence-electron chi connectivity index (χ2n) is 8.79. The minimum atomic E-state index is -0.431. The highest BCUT2D eigenvalue weighted by atomic mass is 16.6. The predicted molar refractivity (Wildman–Crippen MR) is 126 cm³/mol. The van der Waals surface area contributed by atoms with Crippen LogP contribution >= 0.6 is 0 Å². The molecule has 2 aromatic heterocycles. The van der Waals surface area contributed by atoms with E-state index in [-0.39, 0.29) is 11.9 Å². The Morgan fingerprint density at radius 3 is 2.91 bits per heavy atom. The van der Waals surface area contributed by atoms with E-state index in [1.165, 1.54) is 0 Å². The molecule has 9 heteroatoms. The molecule has 1 fully saturated rings. The lowest BCUT2D eigenvalue weighted by Crippen LogP contribution is -2.43. The van der Waals surface area contributed by atoms with Crippen molar-refractivity contribution < 1.29 is 14.3 Å². The summed E-state index contributed by atoms with van der Waals surface area (Å²) in [6.45, 7) is 4.31. The van der Waals surface area contributed by atoms with E-state index in [1.54, 1.807) is 23.3 Å². The van der Waals surface area contributed by atoms with Crippen LogP contribution in [0.4, 0.5) is 0 Å². The van der Waals surface area contributed by atoms with Crippen LogP contribution in [0.25, 0.3) is 5.95 Å². The third-order valence-electron chi connectivity index (χ3n) is 6.27. The summed E-state index contributed by atoms with van der Waals surface area (Å²) in [5.74, 6) is 1.50. The van der Waals surface area contributed by atoms with Gasteiger partial charge in [0, 0.05) is 30.7 Å². The van der Waals surface area contributed by atoms with Crippen LogP contribution in [-0.4, -0.2) is 51.2 Å². The summed E-state index contributed by atoms with van der Waals surface area (Å²) in [5, 5.41) is 6.74. The highest BCUT2D eigenvalue weighted by Gasteiger charge is 2.32. The van der Waals surface area contributed by atoms with Crippen LogP contribution in [0.5, 0.6) is 11.5 Å². The summed E-state index contributed by atoms with van der Waals surface area (Å²) in [7, 11) is 0. The normalized spacial score (nSPS) is 18.7. The zero-order valence-corrected chi connectivity index (χ0v) is 19.4. The fraction of sp³-hybridized carbons (Fsp3) is 0.440. The van der Waals surface area contributed by atoms with Gasteiger partial charge in [0.2, 0.25) is 11.9 Å². The predicted octanol–water partition coefficient (Wildman–Crippen LogP) is 2.67. The lowest BCUT2D eigenvalue weighted by atomic mass is 9.91. The molecule has 178 valence electrons. The first-order chi connectivity index (χ1) is 16.7. The molecule has 9 nitrogen and oxygen atoms in total. The van der Waals surface area contributed by atoms with E-state index in [9.17, 15) is 4.79 Å². The van der Waals surface area contributed by atoms with Gasteiger partial charge in [-0.1, -0.05) is 18.9 Å². The zero-order chi connectivity index (χ0) is 23.3. The fourth-order valence-electron chi connectivity index (χ4n) is 4.59. The van der Waals surface area contributed by atoms with E-state index in [0.717, 1.165) is 60.7 Å². The molecule has 0 aliphatic carbocycles. The number of aromatic nitrogens is 4. The fourth-order valence-corrected chi connectivity index (χ4v) is 4.59. The van der Waals surface area contributed by atoms with E-state index in [2.05, 4.69) is 20.6 Å². The molecule has 0 spiro atoms. The summed E-state index contributed by atoms with van der Waals surface area (Å²) in [6, 6.07) is 7.71. The molecule has 0 radical (unpaired) electrons. The van der Waals surface area contributed by atoms with E-state index in [4.69, 9.17) is 14.5 Å². The van der Waals surface area contributed by atoms with E-state index < -0.39 is 5.92 Å². The summed E-state index contributed by atoms with van der Waals surface area (Å²) >= 11 is 0. The van der Waals surface area contributed by atoms with Gasteiger partial charge in [0.05, 0.1) is 11.6 Å². The van der Waals surface area contributed by atoms with E-state index in [0.29, 0.717) is 25.7 Å². The van der Waals surface area contributed by atoms with Crippen molar-refractivity contribution in [1.29, 1.82) is 0 Å². The second kappa shape index (κ2) is 10.2. The van der Waals surface area contributed by atoms with Crippen molar-refractivity contribution in [3.8, 4) is 17.4 Å². The number of benzene rings is 1. The molecule has 2 aliphatic rings. The number of hydrogen-bond donors (Lipinski definition) is 2. The molecule has 4 heterocycles. The van der Waals surface area contributed by atoms with Crippen molar-refractivity contribution in [2.45, 2.75) is 51.1 Å². The molecule has 34 heavy (non-hydrogen) atoms. The van der Waals surface area contributed by atoms with Gasteiger partial charge in [-0.25, -0.2) is 15.0 Å². The topological polar surface area (TPSA) is 103 Å². The Balaban J connectivity index is 1.40. The Morgan fingerprint density at radius 2 is 2.06 bits per heavy atom. The average Bonchev–Trinajstić information content (AvgIpc) is 3.27. The molecule has 1 saturated heterocycles. The molecule has 2 unspecified atom stereocenters. The largest absolute Gasteiger partial charge is 0.486 e. The maximum Gasteiger partial charge on any atom is 0.235 e. The lowest BCUT2D eigenvalue weighted by Gasteiger charge is -2.26. The highest BCUT2D eigenvalue weighted by molar-refractivity contribution is 5.84. The molecule has 1 amide bonds. The number of aryl methyl sites for hydroxylation is 1. The number of hydrogen-bond acceptors (Lipinski definition) is 7. The Kier molecular flexibility index (Phi) is 6.71. The summed E-state index contributed by atoms with van der Waals surface area (Å²) in [6.07, 6.45) is 9.45. The molecule has 1 aromatic carbocycles. The number of ether oxygens (including phenoxy) is 2. The van der Waals surface area contributed by atoms with Crippen LogP contribution in [0.1, 0.15) is 48.6 Å². The first-order valence-corrected chi connectivity index (χ1v) is 11.9. The average molecular weight is 463 g/mol. The highest BCUT2D eigenvalue weighted by Crippen LogP contribution is 2.31. The number of nitrogens with zero attached hydrogens (tertiary/aromatic N) is 4. The van der Waals surface area contributed by atoms with Crippen molar-refractivity contribution in [1.82, 2.24) is 30.2 Å². The van der Waals surface area contributed by atoms with E-state index >= 15 is 0 Å². The van der Waals surface area contributed by atoms with Gasteiger partial charge in [-0.3, -0.25) is 9.36 Å². The number of carbonyl (C=O) groups excluding carboxylic acids is 1. The molecule has 0 saturated carbocycles. The molecular formula is C25H30N6O3. The van der Waals surface area contributed by atoms with Gasteiger partial charge in [0.15, 0.2) is 11.5 Å². The molecule has 2 atom stereocenters. The van der Waals surface area contributed by atoms with Crippen LogP contribution in [0, 0.1) is 6.92 Å². The summed E-state index contributed by atoms with van der Waals surface area (Å²) in [4.78, 5) is 27.1. The quantitative estimate of drug-likeness (QED) is 0.581. The van der Waals surface area contributed by atoms with Crippen molar-refractivity contribution in [3.05, 3.63) is 59.9 Å². The van der Waals surface area contributed by atoms with E-state index in [1.807, 2.05) is 31.2 Å². The molecular weight excluding hydrogens is 432 g/mol. The zero-order valence-electron chi connectivity index (χ0n) is 19.4. The maximum atomic E-state index is 13.6. The van der Waals surface area contributed by atoms with Crippen LogP contribution in [-0.2, 0) is 11.3 Å². The van der Waals surface area contributed by atoms with Crippen molar-refractivity contribution in [3.63, 3.8) is 0 Å². The smallest absolute Gasteiger partial charge is 0.235 e. The second-order valence-corrected chi connectivity index (χ2v) is 8.79. The molecule has 3 aromatic rings. The van der Waals surface area contributed by atoms with Crippen LogP contribution in [0.15, 0.2) is 43.0 Å². The third kappa shape index (κ3) is 5.04. The first-order valence-electron chi connectivity index (χ1n) is 11.9.